The molecule has 4 heteroatoms. The molecule has 0 aliphatic carbocycles. The molecule has 0 saturated carbocycles. The van der Waals surface area contributed by atoms with Crippen LogP contribution < -0.4 is 4.90 Å². The summed E-state index contributed by atoms with van der Waals surface area (Å²) in [7, 11) is 0. The number of halogens is 1. The van der Waals surface area contributed by atoms with Crippen molar-refractivity contribution in [3.8, 4) is 0 Å². The third-order valence-corrected chi connectivity index (χ3v) is 4.86. The molecule has 2 aliphatic heterocycles. The maximum atomic E-state index is 9.96. The number of hydrogen-bond donors (Lipinski definition) is 1. The average Bonchev–Trinajstić information content (AvgIpc) is 2.85. The van der Waals surface area contributed by atoms with E-state index in [9.17, 15) is 5.11 Å². The summed E-state index contributed by atoms with van der Waals surface area (Å²) in [6.07, 6.45) is 2.24. The Morgan fingerprint density at radius 1 is 1.32 bits per heavy atom. The lowest BCUT2D eigenvalue weighted by Gasteiger charge is -2.40. The van der Waals surface area contributed by atoms with Crippen LogP contribution in [0, 0.1) is 0 Å². The molecule has 104 valence electrons. The number of fused-ring (bicyclic) bond motifs is 1. The summed E-state index contributed by atoms with van der Waals surface area (Å²) >= 11 is 3.55. The summed E-state index contributed by atoms with van der Waals surface area (Å²) in [5, 5.41) is 9.96. The fourth-order valence-corrected chi connectivity index (χ4v) is 3.70. The first-order valence-electron chi connectivity index (χ1n) is 7.11. The third-order valence-electron chi connectivity index (χ3n) is 4.37. The molecule has 1 N–H and O–H groups in total. The van der Waals surface area contributed by atoms with Crippen molar-refractivity contribution in [2.45, 2.75) is 31.9 Å². The molecule has 2 saturated heterocycles. The minimum atomic E-state index is -0.412. The molecule has 19 heavy (non-hydrogen) atoms. The Balaban J connectivity index is 1.87. The minimum absolute atomic E-state index is 0.412. The second kappa shape index (κ2) is 5.43. The van der Waals surface area contributed by atoms with E-state index in [-0.39, 0.29) is 0 Å². The Labute approximate surface area is 123 Å². The smallest absolute Gasteiger partial charge is 0.0782 e. The Kier molecular flexibility index (Phi) is 3.83. The van der Waals surface area contributed by atoms with Crippen molar-refractivity contribution in [2.24, 2.45) is 0 Å². The zero-order chi connectivity index (χ0) is 13.4. The van der Waals surface area contributed by atoms with Crippen LogP contribution in [0.5, 0.6) is 0 Å². The zero-order valence-corrected chi connectivity index (χ0v) is 12.9. The lowest BCUT2D eigenvalue weighted by Crippen LogP contribution is -2.50. The van der Waals surface area contributed by atoms with Gasteiger partial charge in [-0.3, -0.25) is 4.90 Å². The molecule has 1 aromatic carbocycles. The first-order valence-corrected chi connectivity index (χ1v) is 7.91. The van der Waals surface area contributed by atoms with Gasteiger partial charge in [0.1, 0.15) is 0 Å². The number of aliphatic hydroxyl groups excluding tert-OH is 1. The molecule has 2 atom stereocenters. The third kappa shape index (κ3) is 2.67. The van der Waals surface area contributed by atoms with Gasteiger partial charge in [-0.25, -0.2) is 0 Å². The number of hydrogen-bond acceptors (Lipinski definition) is 3. The highest BCUT2D eigenvalue weighted by molar-refractivity contribution is 9.10. The van der Waals surface area contributed by atoms with Gasteiger partial charge in [-0.1, -0.05) is 22.0 Å². The van der Waals surface area contributed by atoms with E-state index in [0.717, 1.165) is 29.7 Å². The van der Waals surface area contributed by atoms with Crippen molar-refractivity contribution in [3.63, 3.8) is 0 Å². The fourth-order valence-electron chi connectivity index (χ4n) is 3.35. The van der Waals surface area contributed by atoms with Crippen LogP contribution in [-0.2, 0) is 0 Å². The predicted octanol–water partition coefficient (Wildman–Crippen LogP) is 2.79. The van der Waals surface area contributed by atoms with Gasteiger partial charge in [-0.2, -0.15) is 0 Å². The van der Waals surface area contributed by atoms with Gasteiger partial charge >= 0.3 is 0 Å². The van der Waals surface area contributed by atoms with E-state index in [1.165, 1.54) is 25.1 Å². The molecule has 0 amide bonds. The van der Waals surface area contributed by atoms with E-state index >= 15 is 0 Å². The Morgan fingerprint density at radius 2 is 2.16 bits per heavy atom. The van der Waals surface area contributed by atoms with E-state index in [0.29, 0.717) is 6.04 Å². The largest absolute Gasteiger partial charge is 0.389 e. The number of aliphatic hydroxyl groups is 1. The normalized spacial score (nSPS) is 25.4. The van der Waals surface area contributed by atoms with Crippen LogP contribution in [0.4, 0.5) is 5.69 Å². The first kappa shape index (κ1) is 13.4. The van der Waals surface area contributed by atoms with Crippen molar-refractivity contribution < 1.29 is 5.11 Å². The van der Waals surface area contributed by atoms with Gasteiger partial charge in [0, 0.05) is 41.4 Å². The van der Waals surface area contributed by atoms with Gasteiger partial charge in [0.15, 0.2) is 0 Å². The van der Waals surface area contributed by atoms with Crippen LogP contribution in [0.1, 0.15) is 31.4 Å². The van der Waals surface area contributed by atoms with Crippen LogP contribution in [-0.4, -0.2) is 42.2 Å². The highest BCUT2D eigenvalue weighted by Gasteiger charge is 2.31. The molecule has 0 aromatic heterocycles. The molecular weight excluding hydrogens is 304 g/mol. The topological polar surface area (TPSA) is 26.7 Å². The summed E-state index contributed by atoms with van der Waals surface area (Å²) in [5.74, 6) is 0. The average molecular weight is 325 g/mol. The molecule has 2 fully saturated rings. The monoisotopic (exact) mass is 324 g/mol. The van der Waals surface area contributed by atoms with Gasteiger partial charge in [-0.05, 0) is 38.4 Å². The van der Waals surface area contributed by atoms with E-state index in [4.69, 9.17) is 0 Å². The van der Waals surface area contributed by atoms with Crippen molar-refractivity contribution in [1.29, 1.82) is 0 Å². The molecule has 2 heterocycles. The molecule has 0 bridgehead atoms. The summed E-state index contributed by atoms with van der Waals surface area (Å²) in [6.45, 7) is 6.41. The quantitative estimate of drug-likeness (QED) is 0.906. The molecule has 3 nitrogen and oxygen atoms in total. The number of nitrogens with zero attached hydrogens (tertiary/aromatic N) is 2. The van der Waals surface area contributed by atoms with Crippen LogP contribution >= 0.6 is 15.9 Å². The van der Waals surface area contributed by atoms with Gasteiger partial charge in [0.2, 0.25) is 0 Å². The standard InChI is InChI=1S/C15H21BrN2O/c1-11(19)14-5-4-12(16)9-15(14)18-8-7-17-6-2-3-13(17)10-18/h4-5,9,11,13,19H,2-3,6-8,10H2,1H3. The van der Waals surface area contributed by atoms with Gasteiger partial charge in [0.25, 0.3) is 0 Å². The van der Waals surface area contributed by atoms with Crippen molar-refractivity contribution in [2.75, 3.05) is 31.1 Å². The highest BCUT2D eigenvalue weighted by atomic mass is 79.9. The summed E-state index contributed by atoms with van der Waals surface area (Å²) in [4.78, 5) is 5.05. The maximum absolute atomic E-state index is 9.96. The van der Waals surface area contributed by atoms with E-state index in [1.807, 2.05) is 19.1 Å². The lowest BCUT2D eigenvalue weighted by molar-refractivity contribution is 0.198. The number of rotatable bonds is 2. The van der Waals surface area contributed by atoms with Gasteiger partial charge in [0.05, 0.1) is 6.10 Å². The summed E-state index contributed by atoms with van der Waals surface area (Å²) < 4.78 is 1.08. The number of benzene rings is 1. The van der Waals surface area contributed by atoms with E-state index in [1.54, 1.807) is 0 Å². The molecule has 3 rings (SSSR count). The summed E-state index contributed by atoms with van der Waals surface area (Å²) in [5.41, 5.74) is 2.23. The van der Waals surface area contributed by atoms with Crippen molar-refractivity contribution >= 4 is 21.6 Å². The Bertz CT molecular complexity index is 463. The first-order chi connectivity index (χ1) is 9.15. The second-order valence-electron chi connectivity index (χ2n) is 5.66. The van der Waals surface area contributed by atoms with Crippen LogP contribution in [0.15, 0.2) is 22.7 Å². The summed E-state index contributed by atoms with van der Waals surface area (Å²) in [6, 6.07) is 6.89. The number of anilines is 1. The van der Waals surface area contributed by atoms with Crippen LogP contribution in [0.3, 0.4) is 0 Å². The predicted molar refractivity (Wildman–Crippen MR) is 81.6 cm³/mol. The Hall–Kier alpha value is -0.580. The zero-order valence-electron chi connectivity index (χ0n) is 11.3. The van der Waals surface area contributed by atoms with Crippen LogP contribution in [0.2, 0.25) is 0 Å². The molecule has 2 unspecified atom stereocenters. The SMILES string of the molecule is CC(O)c1ccc(Br)cc1N1CCN2CCCC2C1. The molecule has 2 aliphatic rings. The van der Waals surface area contributed by atoms with Crippen LogP contribution in [0.25, 0.3) is 0 Å². The second-order valence-corrected chi connectivity index (χ2v) is 6.57. The van der Waals surface area contributed by atoms with Crippen molar-refractivity contribution in [1.82, 2.24) is 4.90 Å². The molecule has 0 spiro atoms. The minimum Gasteiger partial charge on any atom is -0.389 e. The molecule has 1 aromatic rings. The molecular formula is C15H21BrN2O. The highest BCUT2D eigenvalue weighted by Crippen LogP contribution is 2.32. The van der Waals surface area contributed by atoms with E-state index in [2.05, 4.69) is 31.8 Å². The molecule has 0 radical (unpaired) electrons. The maximum Gasteiger partial charge on any atom is 0.0782 e. The fraction of sp³-hybridized carbons (Fsp3) is 0.600. The van der Waals surface area contributed by atoms with Gasteiger partial charge < -0.3 is 10.0 Å². The van der Waals surface area contributed by atoms with Gasteiger partial charge in [-0.15, -0.1) is 0 Å². The van der Waals surface area contributed by atoms with Crippen molar-refractivity contribution in [3.05, 3.63) is 28.2 Å². The lowest BCUT2D eigenvalue weighted by atomic mass is 10.0. The van der Waals surface area contributed by atoms with E-state index < -0.39 is 6.10 Å². The Morgan fingerprint density at radius 3 is 2.95 bits per heavy atom. The number of piperazine rings is 1.